The second-order valence-electron chi connectivity index (χ2n) is 6.68. The highest BCUT2D eigenvalue weighted by Crippen LogP contribution is 2.29. The van der Waals surface area contributed by atoms with Gasteiger partial charge in [0.15, 0.2) is 10.9 Å². The van der Waals surface area contributed by atoms with Crippen LogP contribution >= 0.6 is 11.8 Å². The highest BCUT2D eigenvalue weighted by atomic mass is 32.2. The summed E-state index contributed by atoms with van der Waals surface area (Å²) >= 11 is 1.44. The Morgan fingerprint density at radius 2 is 2.23 bits per heavy atom. The molecule has 140 valence electrons. The Morgan fingerprint density at radius 1 is 1.46 bits per heavy atom. The number of thioether (sulfide) groups is 1. The van der Waals surface area contributed by atoms with Gasteiger partial charge in [0.25, 0.3) is 0 Å². The summed E-state index contributed by atoms with van der Waals surface area (Å²) in [5, 5.41) is 9.01. The summed E-state index contributed by atoms with van der Waals surface area (Å²) in [5.74, 6) is 1.46. The van der Waals surface area contributed by atoms with Gasteiger partial charge >= 0.3 is 0 Å². The van der Waals surface area contributed by atoms with E-state index in [9.17, 15) is 4.79 Å². The first-order valence-electron chi connectivity index (χ1n) is 9.13. The minimum Gasteiger partial charge on any atom is -0.461 e. The number of aromatic nitrogens is 3. The SMILES string of the molecule is C=CCn1c(SC(C)C(=O)N(C)C2CCCCC2)nnc1-c1ccco1. The van der Waals surface area contributed by atoms with Crippen LogP contribution in [0, 0.1) is 0 Å². The summed E-state index contributed by atoms with van der Waals surface area (Å²) in [5.41, 5.74) is 0. The second kappa shape index (κ2) is 8.58. The summed E-state index contributed by atoms with van der Waals surface area (Å²) in [6.45, 7) is 6.31. The van der Waals surface area contributed by atoms with E-state index in [1.165, 1.54) is 31.0 Å². The van der Waals surface area contributed by atoms with E-state index in [0.29, 0.717) is 29.3 Å². The van der Waals surface area contributed by atoms with E-state index in [1.54, 1.807) is 12.3 Å². The summed E-state index contributed by atoms with van der Waals surface area (Å²) in [6.07, 6.45) is 9.32. The number of carbonyl (C=O) groups is 1. The Morgan fingerprint density at radius 3 is 2.88 bits per heavy atom. The third-order valence-corrected chi connectivity index (χ3v) is 5.94. The lowest BCUT2D eigenvalue weighted by Gasteiger charge is -2.32. The molecule has 1 fully saturated rings. The maximum atomic E-state index is 12.9. The third kappa shape index (κ3) is 4.03. The predicted octanol–water partition coefficient (Wildman–Crippen LogP) is 4.00. The van der Waals surface area contributed by atoms with Gasteiger partial charge in [-0.15, -0.1) is 16.8 Å². The van der Waals surface area contributed by atoms with Gasteiger partial charge in [-0.1, -0.05) is 37.1 Å². The van der Waals surface area contributed by atoms with Crippen molar-refractivity contribution in [2.45, 2.75) is 62.0 Å². The van der Waals surface area contributed by atoms with Gasteiger partial charge in [0.2, 0.25) is 11.7 Å². The molecule has 0 spiro atoms. The molecule has 1 aliphatic rings. The van der Waals surface area contributed by atoms with Crippen molar-refractivity contribution in [2.24, 2.45) is 0 Å². The van der Waals surface area contributed by atoms with Crippen molar-refractivity contribution in [1.82, 2.24) is 19.7 Å². The van der Waals surface area contributed by atoms with Gasteiger partial charge in [0, 0.05) is 19.6 Å². The largest absolute Gasteiger partial charge is 0.461 e. The molecule has 2 heterocycles. The van der Waals surface area contributed by atoms with Crippen LogP contribution in [-0.2, 0) is 11.3 Å². The number of amides is 1. The smallest absolute Gasteiger partial charge is 0.235 e. The quantitative estimate of drug-likeness (QED) is 0.541. The maximum absolute atomic E-state index is 12.9. The summed E-state index contributed by atoms with van der Waals surface area (Å²) < 4.78 is 7.38. The van der Waals surface area contributed by atoms with Crippen molar-refractivity contribution >= 4 is 17.7 Å². The van der Waals surface area contributed by atoms with Crippen LogP contribution in [0.15, 0.2) is 40.6 Å². The number of hydrogen-bond acceptors (Lipinski definition) is 5. The molecule has 2 aromatic rings. The standard InChI is InChI=1S/C19H26N4O2S/c1-4-12-23-17(16-11-8-13-25-16)20-21-19(23)26-14(2)18(24)22(3)15-9-6-5-7-10-15/h4,8,11,13-15H,1,5-7,9-10,12H2,2-3H3. The molecule has 7 heteroatoms. The van der Waals surface area contributed by atoms with Gasteiger partial charge in [0.1, 0.15) is 0 Å². The molecule has 1 atom stereocenters. The highest BCUT2D eigenvalue weighted by Gasteiger charge is 2.28. The van der Waals surface area contributed by atoms with Gasteiger partial charge in [-0.25, -0.2) is 0 Å². The van der Waals surface area contributed by atoms with Crippen molar-refractivity contribution in [3.8, 4) is 11.6 Å². The van der Waals surface area contributed by atoms with E-state index >= 15 is 0 Å². The van der Waals surface area contributed by atoms with Crippen molar-refractivity contribution < 1.29 is 9.21 Å². The van der Waals surface area contributed by atoms with Crippen LogP contribution in [0.3, 0.4) is 0 Å². The zero-order valence-electron chi connectivity index (χ0n) is 15.4. The molecular formula is C19H26N4O2S. The molecule has 1 aliphatic carbocycles. The first-order chi connectivity index (χ1) is 12.6. The van der Waals surface area contributed by atoms with E-state index in [4.69, 9.17) is 4.42 Å². The van der Waals surface area contributed by atoms with Crippen molar-refractivity contribution in [3.05, 3.63) is 31.1 Å². The molecule has 0 saturated heterocycles. The summed E-state index contributed by atoms with van der Waals surface area (Å²) in [4.78, 5) is 14.8. The molecule has 0 bridgehead atoms. The van der Waals surface area contributed by atoms with Crippen LogP contribution in [0.5, 0.6) is 0 Å². The average Bonchev–Trinajstić information content (AvgIpc) is 3.32. The number of allylic oxidation sites excluding steroid dienone is 1. The fraction of sp³-hybridized carbons (Fsp3) is 0.526. The number of hydrogen-bond donors (Lipinski definition) is 0. The minimum atomic E-state index is -0.223. The number of nitrogens with zero attached hydrogens (tertiary/aromatic N) is 4. The molecule has 6 nitrogen and oxygen atoms in total. The van der Waals surface area contributed by atoms with Gasteiger partial charge in [-0.2, -0.15) is 0 Å². The monoisotopic (exact) mass is 374 g/mol. The molecule has 26 heavy (non-hydrogen) atoms. The molecule has 0 aromatic carbocycles. The predicted molar refractivity (Wildman–Crippen MR) is 103 cm³/mol. The van der Waals surface area contributed by atoms with Crippen LogP contribution in [0.25, 0.3) is 11.6 Å². The Balaban J connectivity index is 1.73. The van der Waals surface area contributed by atoms with Crippen molar-refractivity contribution in [2.75, 3.05) is 7.05 Å². The Hall–Kier alpha value is -2.02. The highest BCUT2D eigenvalue weighted by molar-refractivity contribution is 8.00. The van der Waals surface area contributed by atoms with Crippen LogP contribution in [0.4, 0.5) is 0 Å². The van der Waals surface area contributed by atoms with E-state index in [0.717, 1.165) is 12.8 Å². The summed E-state index contributed by atoms with van der Waals surface area (Å²) in [6, 6.07) is 4.04. The van der Waals surface area contributed by atoms with Crippen LogP contribution in [0.2, 0.25) is 0 Å². The Bertz CT molecular complexity index is 735. The van der Waals surface area contributed by atoms with Crippen LogP contribution in [-0.4, -0.2) is 43.9 Å². The van der Waals surface area contributed by atoms with Gasteiger partial charge in [-0.3, -0.25) is 9.36 Å². The molecule has 3 rings (SSSR count). The Kier molecular flexibility index (Phi) is 6.19. The Labute approximate surface area is 158 Å². The van der Waals surface area contributed by atoms with Crippen molar-refractivity contribution in [1.29, 1.82) is 0 Å². The zero-order valence-corrected chi connectivity index (χ0v) is 16.2. The van der Waals surface area contributed by atoms with E-state index in [-0.39, 0.29) is 11.2 Å². The first kappa shape index (κ1) is 18.8. The molecule has 1 unspecified atom stereocenters. The third-order valence-electron chi connectivity index (χ3n) is 4.87. The van der Waals surface area contributed by atoms with E-state index in [1.807, 2.05) is 35.6 Å². The molecule has 0 radical (unpaired) electrons. The molecular weight excluding hydrogens is 348 g/mol. The fourth-order valence-electron chi connectivity index (χ4n) is 3.40. The van der Waals surface area contributed by atoms with E-state index in [2.05, 4.69) is 16.8 Å². The molecule has 2 aromatic heterocycles. The molecule has 1 amide bonds. The number of carbonyl (C=O) groups excluding carboxylic acids is 1. The lowest BCUT2D eigenvalue weighted by Crippen LogP contribution is -2.42. The van der Waals surface area contributed by atoms with Crippen molar-refractivity contribution in [3.63, 3.8) is 0 Å². The topological polar surface area (TPSA) is 64.2 Å². The first-order valence-corrected chi connectivity index (χ1v) is 10.0. The normalized spacial score (nSPS) is 16.4. The molecule has 0 N–H and O–H groups in total. The minimum absolute atomic E-state index is 0.148. The van der Waals surface area contributed by atoms with Gasteiger partial charge in [0.05, 0.1) is 11.5 Å². The molecule has 0 aliphatic heterocycles. The number of rotatable bonds is 7. The zero-order chi connectivity index (χ0) is 18.5. The maximum Gasteiger partial charge on any atom is 0.235 e. The lowest BCUT2D eigenvalue weighted by atomic mass is 9.94. The van der Waals surface area contributed by atoms with E-state index < -0.39 is 0 Å². The molecule has 1 saturated carbocycles. The number of furan rings is 1. The van der Waals surface area contributed by atoms with Crippen LogP contribution in [0.1, 0.15) is 39.0 Å². The van der Waals surface area contributed by atoms with Crippen LogP contribution < -0.4 is 0 Å². The lowest BCUT2D eigenvalue weighted by molar-refractivity contribution is -0.131. The second-order valence-corrected chi connectivity index (χ2v) is 7.99. The van der Waals surface area contributed by atoms with Gasteiger partial charge in [-0.05, 0) is 31.9 Å². The van der Waals surface area contributed by atoms with Gasteiger partial charge < -0.3 is 9.32 Å². The summed E-state index contributed by atoms with van der Waals surface area (Å²) in [7, 11) is 1.93. The average molecular weight is 375 g/mol. The fourth-order valence-corrected chi connectivity index (χ4v) is 4.36.